The largest absolute Gasteiger partial charge is 0.159 e. The minimum atomic E-state index is 0.786. The van der Waals surface area contributed by atoms with E-state index in [1.807, 2.05) is 0 Å². The SMILES string of the molecule is CC(C)CC(CSC(C)C)C(C)C. The van der Waals surface area contributed by atoms with Crippen molar-refractivity contribution >= 4 is 11.8 Å². The Morgan fingerprint density at radius 1 is 0.923 bits per heavy atom. The van der Waals surface area contributed by atoms with E-state index in [1.165, 1.54) is 12.2 Å². The molecule has 0 spiro atoms. The van der Waals surface area contributed by atoms with Crippen LogP contribution in [0.15, 0.2) is 0 Å². The molecule has 0 rings (SSSR count). The second kappa shape index (κ2) is 6.75. The molecule has 1 heteroatoms. The van der Waals surface area contributed by atoms with Crippen LogP contribution in [0.25, 0.3) is 0 Å². The standard InChI is InChI=1S/C12H26S/c1-9(2)7-12(10(3)4)8-13-11(5)6/h9-12H,7-8H2,1-6H3. The molecule has 0 aliphatic carbocycles. The maximum atomic E-state index is 2.36. The Hall–Kier alpha value is 0.350. The Morgan fingerprint density at radius 3 is 1.77 bits per heavy atom. The number of hydrogen-bond donors (Lipinski definition) is 0. The van der Waals surface area contributed by atoms with Gasteiger partial charge in [-0.2, -0.15) is 11.8 Å². The van der Waals surface area contributed by atoms with Crippen LogP contribution in [0.1, 0.15) is 48.0 Å². The molecule has 0 bridgehead atoms. The van der Waals surface area contributed by atoms with Gasteiger partial charge in [-0.1, -0.05) is 41.5 Å². The number of hydrogen-bond acceptors (Lipinski definition) is 1. The molecule has 0 aliphatic rings. The molecule has 13 heavy (non-hydrogen) atoms. The molecule has 0 fully saturated rings. The first kappa shape index (κ1) is 13.4. The van der Waals surface area contributed by atoms with Gasteiger partial charge in [0.05, 0.1) is 0 Å². The molecule has 0 aromatic rings. The van der Waals surface area contributed by atoms with Gasteiger partial charge in [0, 0.05) is 0 Å². The van der Waals surface area contributed by atoms with Gasteiger partial charge < -0.3 is 0 Å². The second-order valence-electron chi connectivity index (χ2n) is 5.02. The van der Waals surface area contributed by atoms with Crippen LogP contribution in [0.5, 0.6) is 0 Å². The summed E-state index contributed by atoms with van der Waals surface area (Å²) in [5, 5.41) is 0.786. The fourth-order valence-electron chi connectivity index (χ4n) is 1.45. The van der Waals surface area contributed by atoms with Crippen LogP contribution in [-0.2, 0) is 0 Å². The average molecular weight is 202 g/mol. The summed E-state index contributed by atoms with van der Waals surface area (Å²) < 4.78 is 0. The summed E-state index contributed by atoms with van der Waals surface area (Å²) in [6, 6.07) is 0. The van der Waals surface area contributed by atoms with E-state index in [2.05, 4.69) is 53.3 Å². The predicted octanol–water partition coefficient (Wildman–Crippen LogP) is 4.45. The monoisotopic (exact) mass is 202 g/mol. The van der Waals surface area contributed by atoms with Crippen LogP contribution >= 0.6 is 11.8 Å². The highest BCUT2D eigenvalue weighted by Gasteiger charge is 2.15. The Kier molecular flexibility index (Phi) is 6.93. The maximum Gasteiger partial charge on any atom is -0.000958 e. The Labute approximate surface area is 88.9 Å². The fraction of sp³-hybridized carbons (Fsp3) is 1.00. The highest BCUT2D eigenvalue weighted by atomic mass is 32.2. The molecule has 0 radical (unpaired) electrons. The summed E-state index contributed by atoms with van der Waals surface area (Å²) in [5.41, 5.74) is 0. The zero-order chi connectivity index (χ0) is 10.4. The molecule has 0 aromatic heterocycles. The van der Waals surface area contributed by atoms with Crippen molar-refractivity contribution in [3.05, 3.63) is 0 Å². The van der Waals surface area contributed by atoms with Gasteiger partial charge in [-0.3, -0.25) is 0 Å². The van der Waals surface area contributed by atoms with Crippen LogP contribution in [0.2, 0.25) is 0 Å². The van der Waals surface area contributed by atoms with Crippen LogP contribution in [0.3, 0.4) is 0 Å². The molecule has 1 unspecified atom stereocenters. The Balaban J connectivity index is 3.81. The maximum absolute atomic E-state index is 2.36. The summed E-state index contributed by atoms with van der Waals surface area (Å²) >= 11 is 2.11. The molecule has 0 saturated heterocycles. The normalized spacial score (nSPS) is 14.5. The van der Waals surface area contributed by atoms with Gasteiger partial charge in [0.25, 0.3) is 0 Å². The van der Waals surface area contributed by atoms with Crippen LogP contribution in [-0.4, -0.2) is 11.0 Å². The van der Waals surface area contributed by atoms with Crippen LogP contribution in [0.4, 0.5) is 0 Å². The highest BCUT2D eigenvalue weighted by molar-refractivity contribution is 7.99. The van der Waals surface area contributed by atoms with Crippen LogP contribution < -0.4 is 0 Å². The van der Waals surface area contributed by atoms with Gasteiger partial charge >= 0.3 is 0 Å². The van der Waals surface area contributed by atoms with E-state index in [9.17, 15) is 0 Å². The van der Waals surface area contributed by atoms with Gasteiger partial charge in [-0.05, 0) is 35.2 Å². The highest BCUT2D eigenvalue weighted by Crippen LogP contribution is 2.25. The van der Waals surface area contributed by atoms with Gasteiger partial charge in [0.15, 0.2) is 0 Å². The van der Waals surface area contributed by atoms with Crippen molar-refractivity contribution in [3.63, 3.8) is 0 Å². The molecular weight excluding hydrogens is 176 g/mol. The molecule has 80 valence electrons. The van der Waals surface area contributed by atoms with Gasteiger partial charge in [-0.25, -0.2) is 0 Å². The van der Waals surface area contributed by atoms with Crippen molar-refractivity contribution in [1.82, 2.24) is 0 Å². The first-order chi connectivity index (χ1) is 5.93. The molecule has 0 N–H and O–H groups in total. The third-order valence-electron chi connectivity index (χ3n) is 2.36. The molecule has 0 aromatic carbocycles. The molecular formula is C12H26S. The zero-order valence-electron chi connectivity index (χ0n) is 10.1. The third-order valence-corrected chi connectivity index (χ3v) is 3.65. The minimum Gasteiger partial charge on any atom is -0.159 e. The van der Waals surface area contributed by atoms with E-state index < -0.39 is 0 Å². The molecule has 0 heterocycles. The Morgan fingerprint density at radius 2 is 1.46 bits per heavy atom. The van der Waals surface area contributed by atoms with Crippen molar-refractivity contribution in [1.29, 1.82) is 0 Å². The van der Waals surface area contributed by atoms with E-state index in [-0.39, 0.29) is 0 Å². The fourth-order valence-corrected chi connectivity index (χ4v) is 2.61. The van der Waals surface area contributed by atoms with Crippen molar-refractivity contribution in [2.45, 2.75) is 53.2 Å². The van der Waals surface area contributed by atoms with Crippen molar-refractivity contribution in [2.24, 2.45) is 17.8 Å². The van der Waals surface area contributed by atoms with Crippen molar-refractivity contribution in [3.8, 4) is 0 Å². The van der Waals surface area contributed by atoms with E-state index in [1.54, 1.807) is 0 Å². The quantitative estimate of drug-likeness (QED) is 0.613. The van der Waals surface area contributed by atoms with Crippen molar-refractivity contribution < 1.29 is 0 Å². The van der Waals surface area contributed by atoms with Gasteiger partial charge in [0.1, 0.15) is 0 Å². The van der Waals surface area contributed by atoms with Gasteiger partial charge in [-0.15, -0.1) is 0 Å². The molecule has 0 amide bonds. The Bertz CT molecular complexity index is 116. The molecule has 0 aliphatic heterocycles. The van der Waals surface area contributed by atoms with Crippen molar-refractivity contribution in [2.75, 3.05) is 5.75 Å². The topological polar surface area (TPSA) is 0 Å². The number of thioether (sulfide) groups is 1. The molecule has 0 nitrogen and oxygen atoms in total. The average Bonchev–Trinajstić information content (AvgIpc) is 1.96. The minimum absolute atomic E-state index is 0.786. The molecule has 1 atom stereocenters. The van der Waals surface area contributed by atoms with E-state index in [4.69, 9.17) is 0 Å². The third kappa shape index (κ3) is 7.42. The second-order valence-corrected chi connectivity index (χ2v) is 6.63. The predicted molar refractivity (Wildman–Crippen MR) is 65.4 cm³/mol. The van der Waals surface area contributed by atoms with E-state index >= 15 is 0 Å². The molecule has 0 saturated carbocycles. The summed E-state index contributed by atoms with van der Waals surface area (Å²) in [7, 11) is 0. The lowest BCUT2D eigenvalue weighted by Gasteiger charge is -2.23. The van der Waals surface area contributed by atoms with E-state index in [0.717, 1.165) is 23.0 Å². The lowest BCUT2D eigenvalue weighted by Crippen LogP contribution is -2.15. The summed E-state index contributed by atoms with van der Waals surface area (Å²) in [4.78, 5) is 0. The van der Waals surface area contributed by atoms with E-state index in [0.29, 0.717) is 0 Å². The first-order valence-corrected chi connectivity index (χ1v) is 6.60. The first-order valence-electron chi connectivity index (χ1n) is 5.55. The smallest absolute Gasteiger partial charge is 0.000958 e. The zero-order valence-corrected chi connectivity index (χ0v) is 10.9. The lowest BCUT2D eigenvalue weighted by molar-refractivity contribution is 0.350. The van der Waals surface area contributed by atoms with Gasteiger partial charge in [0.2, 0.25) is 0 Å². The lowest BCUT2D eigenvalue weighted by atomic mass is 9.89. The summed E-state index contributed by atoms with van der Waals surface area (Å²) in [5.74, 6) is 3.94. The summed E-state index contributed by atoms with van der Waals surface area (Å²) in [6.45, 7) is 13.9. The number of rotatable bonds is 6. The van der Waals surface area contributed by atoms with Crippen LogP contribution in [0, 0.1) is 17.8 Å². The summed E-state index contributed by atoms with van der Waals surface area (Å²) in [6.07, 6.45) is 1.39.